The van der Waals surface area contributed by atoms with Crippen LogP contribution in [-0.2, 0) is 16.1 Å². The fraction of sp³-hybridized carbons (Fsp3) is 0.421. The Bertz CT molecular complexity index is 758. The summed E-state index contributed by atoms with van der Waals surface area (Å²) >= 11 is 0. The maximum Gasteiger partial charge on any atom is 0.290 e. The lowest BCUT2D eigenvalue weighted by molar-refractivity contribution is -0.141. The standard InChI is InChI=1S/C19H22FN3O2/c1-13(2)16-17(14-6-3-4-7-15(14)20)23(19(25)18(16)24)10-5-9-22-11-8-21-12-22/h3-4,6-8,11-13,16-17H,5,9-10H2,1-2H3. The Morgan fingerprint density at radius 1 is 1.20 bits per heavy atom. The lowest BCUT2D eigenvalue weighted by Gasteiger charge is -2.29. The van der Waals surface area contributed by atoms with E-state index in [4.69, 9.17) is 0 Å². The highest BCUT2D eigenvalue weighted by Crippen LogP contribution is 2.41. The third-order valence-corrected chi connectivity index (χ3v) is 4.77. The maximum absolute atomic E-state index is 14.4. The number of benzene rings is 1. The van der Waals surface area contributed by atoms with E-state index in [1.807, 2.05) is 24.6 Å². The van der Waals surface area contributed by atoms with Gasteiger partial charge in [0.25, 0.3) is 5.91 Å². The fourth-order valence-corrected chi connectivity index (χ4v) is 3.57. The Morgan fingerprint density at radius 3 is 2.60 bits per heavy atom. The molecular formula is C19H22FN3O2. The number of nitrogens with zero attached hydrogens (tertiary/aromatic N) is 3. The molecule has 5 nitrogen and oxygen atoms in total. The van der Waals surface area contributed by atoms with Gasteiger partial charge < -0.3 is 9.47 Å². The lowest BCUT2D eigenvalue weighted by atomic mass is 9.84. The predicted molar refractivity (Wildman–Crippen MR) is 91.0 cm³/mol. The highest BCUT2D eigenvalue weighted by molar-refractivity contribution is 6.39. The molecule has 1 amide bonds. The third-order valence-electron chi connectivity index (χ3n) is 4.77. The molecule has 0 radical (unpaired) electrons. The molecule has 2 heterocycles. The van der Waals surface area contributed by atoms with E-state index in [1.54, 1.807) is 35.6 Å². The number of carbonyl (C=O) groups is 2. The second-order valence-electron chi connectivity index (χ2n) is 6.75. The maximum atomic E-state index is 14.4. The third kappa shape index (κ3) is 3.34. The van der Waals surface area contributed by atoms with Crippen LogP contribution in [0.5, 0.6) is 0 Å². The first kappa shape index (κ1) is 17.3. The average Bonchev–Trinajstić information content (AvgIpc) is 3.17. The molecule has 3 rings (SSSR count). The number of ketones is 1. The Morgan fingerprint density at radius 2 is 1.96 bits per heavy atom. The molecule has 25 heavy (non-hydrogen) atoms. The van der Waals surface area contributed by atoms with Crippen molar-refractivity contribution in [2.24, 2.45) is 11.8 Å². The van der Waals surface area contributed by atoms with Crippen molar-refractivity contribution < 1.29 is 14.0 Å². The SMILES string of the molecule is CC(C)C1C(=O)C(=O)N(CCCn2ccnc2)C1c1ccccc1F. The molecule has 1 saturated heterocycles. The van der Waals surface area contributed by atoms with Gasteiger partial charge in [0.05, 0.1) is 18.3 Å². The Labute approximate surface area is 146 Å². The highest BCUT2D eigenvalue weighted by Gasteiger charge is 2.49. The quantitative estimate of drug-likeness (QED) is 0.758. The number of imidazole rings is 1. The number of Topliss-reactive ketones (excluding diaryl/α,β-unsaturated/α-hetero) is 1. The van der Waals surface area contributed by atoms with Gasteiger partial charge in [-0.3, -0.25) is 9.59 Å². The van der Waals surface area contributed by atoms with E-state index in [1.165, 1.54) is 6.07 Å². The minimum absolute atomic E-state index is 0.0419. The Kier molecular flexibility index (Phi) is 4.97. The number of likely N-dealkylation sites (tertiary alicyclic amines) is 1. The minimum atomic E-state index is -0.538. The van der Waals surface area contributed by atoms with Crippen LogP contribution in [0.3, 0.4) is 0 Å². The molecule has 0 N–H and O–H groups in total. The monoisotopic (exact) mass is 343 g/mol. The summed E-state index contributed by atoms with van der Waals surface area (Å²) in [5.41, 5.74) is 0.419. The first-order chi connectivity index (χ1) is 12.0. The van der Waals surface area contributed by atoms with Gasteiger partial charge in [0.2, 0.25) is 5.78 Å². The molecule has 132 valence electrons. The zero-order chi connectivity index (χ0) is 18.0. The number of halogens is 1. The van der Waals surface area contributed by atoms with Gasteiger partial charge in [0, 0.05) is 31.0 Å². The first-order valence-electron chi connectivity index (χ1n) is 8.55. The molecule has 2 unspecified atom stereocenters. The van der Waals surface area contributed by atoms with Crippen molar-refractivity contribution in [3.63, 3.8) is 0 Å². The summed E-state index contributed by atoms with van der Waals surface area (Å²) < 4.78 is 16.3. The van der Waals surface area contributed by atoms with Gasteiger partial charge >= 0.3 is 0 Å². The number of rotatable bonds is 6. The molecule has 0 saturated carbocycles. The van der Waals surface area contributed by atoms with Crippen molar-refractivity contribution >= 4 is 11.7 Å². The molecular weight excluding hydrogens is 321 g/mol. The average molecular weight is 343 g/mol. The Hall–Kier alpha value is -2.50. The number of amides is 1. The number of aryl methyl sites for hydroxylation is 1. The molecule has 2 atom stereocenters. The highest BCUT2D eigenvalue weighted by atomic mass is 19.1. The summed E-state index contributed by atoms with van der Waals surface area (Å²) in [7, 11) is 0. The van der Waals surface area contributed by atoms with Crippen molar-refractivity contribution in [3.8, 4) is 0 Å². The van der Waals surface area contributed by atoms with Crippen LogP contribution < -0.4 is 0 Å². The van der Waals surface area contributed by atoms with Crippen LogP contribution in [0.15, 0.2) is 43.0 Å². The van der Waals surface area contributed by atoms with E-state index in [0.717, 1.165) is 0 Å². The molecule has 2 aromatic rings. The summed E-state index contributed by atoms with van der Waals surface area (Å²) in [6.45, 7) is 4.90. The van der Waals surface area contributed by atoms with Crippen LogP contribution in [0.4, 0.5) is 4.39 Å². The summed E-state index contributed by atoms with van der Waals surface area (Å²) in [5.74, 6) is -1.85. The Balaban J connectivity index is 1.86. The number of hydrogen-bond acceptors (Lipinski definition) is 3. The van der Waals surface area contributed by atoms with Gasteiger partial charge in [0.15, 0.2) is 0 Å². The van der Waals surface area contributed by atoms with E-state index in [0.29, 0.717) is 25.1 Å². The summed E-state index contributed by atoms with van der Waals surface area (Å²) in [6, 6.07) is 5.87. The van der Waals surface area contributed by atoms with E-state index < -0.39 is 23.7 Å². The zero-order valence-corrected chi connectivity index (χ0v) is 14.4. The molecule has 0 spiro atoms. The summed E-state index contributed by atoms with van der Waals surface area (Å²) in [4.78, 5) is 30.6. The van der Waals surface area contributed by atoms with Crippen LogP contribution in [0, 0.1) is 17.7 Å². The van der Waals surface area contributed by atoms with Crippen LogP contribution in [0.1, 0.15) is 31.9 Å². The second kappa shape index (κ2) is 7.17. The molecule has 6 heteroatoms. The van der Waals surface area contributed by atoms with Crippen molar-refractivity contribution in [2.75, 3.05) is 6.54 Å². The van der Waals surface area contributed by atoms with E-state index in [9.17, 15) is 14.0 Å². The molecule has 1 fully saturated rings. The topological polar surface area (TPSA) is 55.2 Å². The summed E-state index contributed by atoms with van der Waals surface area (Å²) in [5, 5.41) is 0. The van der Waals surface area contributed by atoms with Crippen molar-refractivity contribution in [3.05, 3.63) is 54.4 Å². The normalized spacial score (nSPS) is 20.7. The molecule has 1 aromatic carbocycles. The van der Waals surface area contributed by atoms with Gasteiger partial charge in [-0.2, -0.15) is 0 Å². The zero-order valence-electron chi connectivity index (χ0n) is 14.4. The van der Waals surface area contributed by atoms with Crippen molar-refractivity contribution in [2.45, 2.75) is 32.9 Å². The molecule has 1 aliphatic rings. The van der Waals surface area contributed by atoms with Crippen LogP contribution in [0.2, 0.25) is 0 Å². The van der Waals surface area contributed by atoms with E-state index >= 15 is 0 Å². The van der Waals surface area contributed by atoms with Gasteiger partial charge in [-0.25, -0.2) is 9.37 Å². The fourth-order valence-electron chi connectivity index (χ4n) is 3.57. The predicted octanol–water partition coefficient (Wildman–Crippen LogP) is 2.84. The van der Waals surface area contributed by atoms with Gasteiger partial charge in [-0.15, -0.1) is 0 Å². The number of aromatic nitrogens is 2. The summed E-state index contributed by atoms with van der Waals surface area (Å²) in [6.07, 6.45) is 5.93. The van der Waals surface area contributed by atoms with E-state index in [-0.39, 0.29) is 11.7 Å². The molecule has 0 aliphatic carbocycles. The first-order valence-corrected chi connectivity index (χ1v) is 8.55. The van der Waals surface area contributed by atoms with Crippen molar-refractivity contribution in [1.82, 2.24) is 14.5 Å². The van der Waals surface area contributed by atoms with Crippen molar-refractivity contribution in [1.29, 1.82) is 0 Å². The van der Waals surface area contributed by atoms with E-state index in [2.05, 4.69) is 4.98 Å². The van der Waals surface area contributed by atoms with Crippen LogP contribution in [0.25, 0.3) is 0 Å². The van der Waals surface area contributed by atoms with Crippen LogP contribution in [-0.4, -0.2) is 32.7 Å². The van der Waals surface area contributed by atoms with Gasteiger partial charge in [-0.05, 0) is 18.4 Å². The molecule has 1 aliphatic heterocycles. The minimum Gasteiger partial charge on any atom is -0.337 e. The molecule has 0 bridgehead atoms. The molecule has 1 aromatic heterocycles. The number of carbonyl (C=O) groups excluding carboxylic acids is 2. The van der Waals surface area contributed by atoms with Crippen LogP contribution >= 0.6 is 0 Å². The largest absolute Gasteiger partial charge is 0.337 e. The van der Waals surface area contributed by atoms with Gasteiger partial charge in [-0.1, -0.05) is 32.0 Å². The lowest BCUT2D eigenvalue weighted by Crippen LogP contribution is -2.32. The smallest absolute Gasteiger partial charge is 0.290 e. The number of hydrogen-bond donors (Lipinski definition) is 0. The second-order valence-corrected chi connectivity index (χ2v) is 6.75. The van der Waals surface area contributed by atoms with Gasteiger partial charge in [0.1, 0.15) is 5.82 Å².